The summed E-state index contributed by atoms with van der Waals surface area (Å²) < 4.78 is 11.0. The monoisotopic (exact) mass is 246 g/mol. The Morgan fingerprint density at radius 2 is 1.62 bits per heavy atom. The standard InChI is InChI=1S/C8H7O7P/c9-7(10)4-1-2-5(8(11)12)6(3-4)16(13,14)15/h1-3H,(H,9,10)(H,11,12)(H2,13,14,15). The van der Waals surface area contributed by atoms with Gasteiger partial charge in [0.1, 0.15) is 0 Å². The Kier molecular flexibility index (Phi) is 3.14. The van der Waals surface area contributed by atoms with Gasteiger partial charge in [-0.1, -0.05) is 0 Å². The molecular formula is C8H7O7P. The lowest BCUT2D eigenvalue weighted by molar-refractivity contribution is 0.0682. The highest BCUT2D eigenvalue weighted by molar-refractivity contribution is 7.60. The molecule has 1 aromatic rings. The van der Waals surface area contributed by atoms with E-state index in [-0.39, 0.29) is 5.56 Å². The Morgan fingerprint density at radius 1 is 1.06 bits per heavy atom. The third kappa shape index (κ3) is 2.46. The molecule has 0 spiro atoms. The van der Waals surface area contributed by atoms with Crippen LogP contribution in [0.1, 0.15) is 20.7 Å². The van der Waals surface area contributed by atoms with Gasteiger partial charge in [-0.05, 0) is 18.2 Å². The van der Waals surface area contributed by atoms with Crippen LogP contribution in [-0.2, 0) is 4.57 Å². The number of aromatic carboxylic acids is 2. The van der Waals surface area contributed by atoms with Crippen LogP contribution in [0.5, 0.6) is 0 Å². The molecule has 86 valence electrons. The van der Waals surface area contributed by atoms with Crippen molar-refractivity contribution in [2.45, 2.75) is 0 Å². The molecule has 0 bridgehead atoms. The van der Waals surface area contributed by atoms with Crippen LogP contribution in [0.15, 0.2) is 18.2 Å². The first kappa shape index (κ1) is 12.4. The predicted octanol–water partition coefficient (Wildman–Crippen LogP) is -0.114. The Bertz CT molecular complexity index is 501. The van der Waals surface area contributed by atoms with Gasteiger partial charge in [0.2, 0.25) is 0 Å². The van der Waals surface area contributed by atoms with Gasteiger partial charge in [0.25, 0.3) is 0 Å². The molecule has 0 aromatic heterocycles. The molecule has 1 rings (SSSR count). The second kappa shape index (κ2) is 4.05. The summed E-state index contributed by atoms with van der Waals surface area (Å²) in [5.41, 5.74) is -0.998. The lowest BCUT2D eigenvalue weighted by atomic mass is 10.1. The summed E-state index contributed by atoms with van der Waals surface area (Å²) in [5.74, 6) is -2.93. The average molecular weight is 246 g/mol. The molecule has 0 fully saturated rings. The first-order valence-electron chi connectivity index (χ1n) is 3.90. The normalized spacial score (nSPS) is 11.1. The quantitative estimate of drug-likeness (QED) is 0.546. The molecule has 0 radical (unpaired) electrons. The molecule has 4 N–H and O–H groups in total. The number of benzene rings is 1. The molecule has 0 heterocycles. The van der Waals surface area contributed by atoms with E-state index in [0.717, 1.165) is 12.1 Å². The lowest BCUT2D eigenvalue weighted by Crippen LogP contribution is -2.17. The van der Waals surface area contributed by atoms with Crippen LogP contribution in [0, 0.1) is 0 Å². The first-order chi connectivity index (χ1) is 7.23. The van der Waals surface area contributed by atoms with Crippen molar-refractivity contribution in [2.24, 2.45) is 0 Å². The zero-order chi connectivity index (χ0) is 12.5. The van der Waals surface area contributed by atoms with Crippen LogP contribution >= 0.6 is 7.60 Å². The Labute approximate surface area is 89.1 Å². The van der Waals surface area contributed by atoms with Crippen molar-refractivity contribution in [1.82, 2.24) is 0 Å². The van der Waals surface area contributed by atoms with E-state index in [9.17, 15) is 14.2 Å². The third-order valence-corrected chi connectivity index (χ3v) is 2.79. The molecule has 0 amide bonds. The van der Waals surface area contributed by atoms with Crippen LogP contribution < -0.4 is 5.30 Å². The lowest BCUT2D eigenvalue weighted by Gasteiger charge is -2.08. The number of carboxylic acids is 2. The average Bonchev–Trinajstić information content (AvgIpc) is 2.15. The van der Waals surface area contributed by atoms with Crippen molar-refractivity contribution in [3.05, 3.63) is 29.3 Å². The topological polar surface area (TPSA) is 132 Å². The molecule has 7 nitrogen and oxygen atoms in total. The first-order valence-corrected chi connectivity index (χ1v) is 5.51. The Balaban J connectivity index is 3.51. The highest BCUT2D eigenvalue weighted by atomic mass is 31.2. The minimum Gasteiger partial charge on any atom is -0.478 e. The maximum Gasteiger partial charge on any atom is 0.357 e. The molecule has 0 aliphatic heterocycles. The fourth-order valence-corrected chi connectivity index (χ4v) is 1.88. The van der Waals surface area contributed by atoms with Crippen LogP contribution in [0.2, 0.25) is 0 Å². The number of hydrogen-bond donors (Lipinski definition) is 4. The molecule has 0 aliphatic rings. The zero-order valence-corrected chi connectivity index (χ0v) is 8.59. The molecule has 8 heteroatoms. The Morgan fingerprint density at radius 3 is 2.00 bits per heavy atom. The minimum absolute atomic E-state index is 0.386. The Hall–Kier alpha value is -1.69. The van der Waals surface area contributed by atoms with E-state index in [4.69, 9.17) is 20.0 Å². The maximum atomic E-state index is 11.0. The number of carboxylic acid groups (broad SMARTS) is 2. The molecule has 0 unspecified atom stereocenters. The SMILES string of the molecule is O=C(O)c1ccc(C(=O)O)c(P(=O)(O)O)c1. The van der Waals surface area contributed by atoms with Crippen molar-refractivity contribution in [3.8, 4) is 0 Å². The summed E-state index contributed by atoms with van der Waals surface area (Å²) >= 11 is 0. The van der Waals surface area contributed by atoms with E-state index in [1.807, 2.05) is 0 Å². The van der Waals surface area contributed by atoms with Gasteiger partial charge in [-0.2, -0.15) is 0 Å². The highest BCUT2D eigenvalue weighted by Crippen LogP contribution is 2.35. The maximum absolute atomic E-state index is 11.0. The molecule has 0 saturated heterocycles. The van der Waals surface area contributed by atoms with Crippen LogP contribution in [0.3, 0.4) is 0 Å². The summed E-state index contributed by atoms with van der Waals surface area (Å²) in [6, 6.07) is 2.47. The van der Waals surface area contributed by atoms with Gasteiger partial charge in [0.15, 0.2) is 0 Å². The van der Waals surface area contributed by atoms with Gasteiger partial charge in [0, 0.05) is 0 Å². The molecular weight excluding hydrogens is 239 g/mol. The minimum atomic E-state index is -4.82. The van der Waals surface area contributed by atoms with Crippen molar-refractivity contribution >= 4 is 24.8 Å². The molecule has 0 atom stereocenters. The van der Waals surface area contributed by atoms with Gasteiger partial charge in [0.05, 0.1) is 16.4 Å². The summed E-state index contributed by atoms with van der Waals surface area (Å²) in [4.78, 5) is 39.0. The van der Waals surface area contributed by atoms with E-state index < -0.39 is 30.4 Å². The summed E-state index contributed by atoms with van der Waals surface area (Å²) in [5, 5.41) is 16.5. The van der Waals surface area contributed by atoms with E-state index in [2.05, 4.69) is 0 Å². The summed E-state index contributed by atoms with van der Waals surface area (Å²) in [7, 11) is -4.82. The van der Waals surface area contributed by atoms with E-state index in [1.54, 1.807) is 0 Å². The van der Waals surface area contributed by atoms with E-state index in [0.29, 0.717) is 6.07 Å². The largest absolute Gasteiger partial charge is 0.478 e. The number of carbonyl (C=O) groups is 2. The molecule has 0 saturated carbocycles. The summed E-state index contributed by atoms with van der Waals surface area (Å²) in [6.45, 7) is 0. The smallest absolute Gasteiger partial charge is 0.357 e. The summed E-state index contributed by atoms with van der Waals surface area (Å²) in [6.07, 6.45) is 0. The predicted molar refractivity (Wildman–Crippen MR) is 52.0 cm³/mol. The van der Waals surface area contributed by atoms with Gasteiger partial charge in [-0.3, -0.25) is 4.57 Å². The number of hydrogen-bond acceptors (Lipinski definition) is 3. The van der Waals surface area contributed by atoms with E-state index in [1.165, 1.54) is 0 Å². The van der Waals surface area contributed by atoms with Crippen LogP contribution in [-0.4, -0.2) is 31.9 Å². The van der Waals surface area contributed by atoms with Gasteiger partial charge in [-0.15, -0.1) is 0 Å². The zero-order valence-electron chi connectivity index (χ0n) is 7.69. The van der Waals surface area contributed by atoms with Crippen molar-refractivity contribution in [3.63, 3.8) is 0 Å². The van der Waals surface area contributed by atoms with Gasteiger partial charge < -0.3 is 20.0 Å². The molecule has 0 aliphatic carbocycles. The second-order valence-electron chi connectivity index (χ2n) is 2.89. The second-order valence-corrected chi connectivity index (χ2v) is 4.46. The highest BCUT2D eigenvalue weighted by Gasteiger charge is 2.26. The molecule has 16 heavy (non-hydrogen) atoms. The van der Waals surface area contributed by atoms with Crippen molar-refractivity contribution < 1.29 is 34.2 Å². The van der Waals surface area contributed by atoms with Crippen LogP contribution in [0.4, 0.5) is 0 Å². The van der Waals surface area contributed by atoms with Crippen molar-refractivity contribution in [2.75, 3.05) is 0 Å². The number of rotatable bonds is 3. The third-order valence-electron chi connectivity index (χ3n) is 1.79. The van der Waals surface area contributed by atoms with Crippen molar-refractivity contribution in [1.29, 1.82) is 0 Å². The van der Waals surface area contributed by atoms with Gasteiger partial charge in [-0.25, -0.2) is 9.59 Å². The van der Waals surface area contributed by atoms with E-state index >= 15 is 0 Å². The fraction of sp³-hybridized carbons (Fsp3) is 0. The van der Waals surface area contributed by atoms with Crippen LogP contribution in [0.25, 0.3) is 0 Å². The molecule has 1 aromatic carbocycles. The fourth-order valence-electron chi connectivity index (χ4n) is 1.09. The van der Waals surface area contributed by atoms with Gasteiger partial charge >= 0.3 is 19.5 Å².